The molecular weight excluding hydrogens is 250 g/mol. The Kier molecular flexibility index (Phi) is 4.64. The van der Waals surface area contributed by atoms with E-state index in [-0.39, 0.29) is 0 Å². The topological polar surface area (TPSA) is 30.5 Å². The largest absolute Gasteiger partial charge is 0.497 e. The second-order valence-corrected chi connectivity index (χ2v) is 4.78. The van der Waals surface area contributed by atoms with E-state index in [1.165, 1.54) is 16.7 Å². The van der Waals surface area contributed by atoms with E-state index < -0.39 is 0 Å². The van der Waals surface area contributed by atoms with E-state index in [2.05, 4.69) is 30.4 Å². The number of methoxy groups -OCH3 is 2. The van der Waals surface area contributed by atoms with Crippen molar-refractivity contribution in [2.75, 3.05) is 21.3 Å². The lowest BCUT2D eigenvalue weighted by Gasteiger charge is -2.12. The SMILES string of the molecule is CNCc1ccc(-c2cc(OC)cc(OC)c2)c(C)c1. The van der Waals surface area contributed by atoms with Gasteiger partial charge in [-0.2, -0.15) is 0 Å². The molecule has 0 bridgehead atoms. The fourth-order valence-electron chi connectivity index (χ4n) is 2.33. The summed E-state index contributed by atoms with van der Waals surface area (Å²) in [5.74, 6) is 1.61. The normalized spacial score (nSPS) is 10.4. The number of nitrogens with one attached hydrogen (secondary N) is 1. The van der Waals surface area contributed by atoms with E-state index in [0.717, 1.165) is 23.6 Å². The van der Waals surface area contributed by atoms with Crippen molar-refractivity contribution in [3.8, 4) is 22.6 Å². The molecule has 0 fully saturated rings. The molecule has 0 aromatic heterocycles. The maximum Gasteiger partial charge on any atom is 0.123 e. The van der Waals surface area contributed by atoms with Crippen LogP contribution < -0.4 is 14.8 Å². The highest BCUT2D eigenvalue weighted by molar-refractivity contribution is 5.70. The summed E-state index contributed by atoms with van der Waals surface area (Å²) >= 11 is 0. The quantitative estimate of drug-likeness (QED) is 0.904. The molecule has 2 aromatic rings. The van der Waals surface area contributed by atoms with Gasteiger partial charge in [-0.1, -0.05) is 18.2 Å². The van der Waals surface area contributed by atoms with Gasteiger partial charge < -0.3 is 14.8 Å². The predicted molar refractivity (Wildman–Crippen MR) is 82.5 cm³/mol. The van der Waals surface area contributed by atoms with Crippen LogP contribution in [0.1, 0.15) is 11.1 Å². The summed E-state index contributed by atoms with van der Waals surface area (Å²) in [4.78, 5) is 0. The van der Waals surface area contributed by atoms with Gasteiger partial charge in [-0.05, 0) is 48.4 Å². The first-order valence-corrected chi connectivity index (χ1v) is 6.65. The minimum atomic E-state index is 0.804. The Balaban J connectivity index is 2.45. The van der Waals surface area contributed by atoms with Crippen molar-refractivity contribution in [2.45, 2.75) is 13.5 Å². The Morgan fingerprint density at radius 3 is 2.10 bits per heavy atom. The molecule has 0 aliphatic heterocycles. The van der Waals surface area contributed by atoms with Crippen LogP contribution in [-0.2, 0) is 6.54 Å². The summed E-state index contributed by atoms with van der Waals surface area (Å²) in [5.41, 5.74) is 4.83. The number of hydrogen-bond donors (Lipinski definition) is 1. The van der Waals surface area contributed by atoms with Gasteiger partial charge in [0.15, 0.2) is 0 Å². The van der Waals surface area contributed by atoms with Crippen LogP contribution in [0.15, 0.2) is 36.4 Å². The Labute approximate surface area is 120 Å². The van der Waals surface area contributed by atoms with Crippen LogP contribution in [-0.4, -0.2) is 21.3 Å². The Morgan fingerprint density at radius 1 is 0.950 bits per heavy atom. The fraction of sp³-hybridized carbons (Fsp3) is 0.294. The van der Waals surface area contributed by atoms with Gasteiger partial charge in [-0.3, -0.25) is 0 Å². The van der Waals surface area contributed by atoms with Gasteiger partial charge in [0.05, 0.1) is 14.2 Å². The van der Waals surface area contributed by atoms with E-state index in [1.54, 1.807) is 14.2 Å². The highest BCUT2D eigenvalue weighted by atomic mass is 16.5. The van der Waals surface area contributed by atoms with Crippen molar-refractivity contribution in [3.05, 3.63) is 47.5 Å². The predicted octanol–water partition coefficient (Wildman–Crippen LogP) is 3.40. The highest BCUT2D eigenvalue weighted by Crippen LogP contribution is 2.31. The van der Waals surface area contributed by atoms with Crippen molar-refractivity contribution >= 4 is 0 Å². The first-order valence-electron chi connectivity index (χ1n) is 6.65. The molecule has 0 saturated heterocycles. The third-order valence-electron chi connectivity index (χ3n) is 3.33. The summed E-state index contributed by atoms with van der Waals surface area (Å²) in [6.45, 7) is 3.00. The van der Waals surface area contributed by atoms with Crippen molar-refractivity contribution in [3.63, 3.8) is 0 Å². The lowest BCUT2D eigenvalue weighted by molar-refractivity contribution is 0.394. The molecule has 0 aliphatic carbocycles. The summed E-state index contributed by atoms with van der Waals surface area (Å²) < 4.78 is 10.7. The van der Waals surface area contributed by atoms with Crippen LogP contribution in [0.5, 0.6) is 11.5 Å². The number of hydrogen-bond acceptors (Lipinski definition) is 3. The van der Waals surface area contributed by atoms with E-state index in [0.29, 0.717) is 0 Å². The maximum absolute atomic E-state index is 5.33. The minimum absolute atomic E-state index is 0.804. The van der Waals surface area contributed by atoms with Gasteiger partial charge in [0, 0.05) is 12.6 Å². The third kappa shape index (κ3) is 3.11. The number of aryl methyl sites for hydroxylation is 1. The highest BCUT2D eigenvalue weighted by Gasteiger charge is 2.07. The molecule has 0 atom stereocenters. The average Bonchev–Trinajstić information content (AvgIpc) is 2.47. The van der Waals surface area contributed by atoms with Gasteiger partial charge in [0.1, 0.15) is 11.5 Å². The zero-order valence-electron chi connectivity index (χ0n) is 12.5. The van der Waals surface area contributed by atoms with Gasteiger partial charge in [0.25, 0.3) is 0 Å². The first kappa shape index (κ1) is 14.4. The molecule has 0 aliphatic rings. The number of rotatable bonds is 5. The third-order valence-corrected chi connectivity index (χ3v) is 3.33. The van der Waals surface area contributed by atoms with Gasteiger partial charge in [0.2, 0.25) is 0 Å². The molecular formula is C17H21NO2. The summed E-state index contributed by atoms with van der Waals surface area (Å²) in [6, 6.07) is 12.4. The minimum Gasteiger partial charge on any atom is -0.497 e. The van der Waals surface area contributed by atoms with E-state index in [4.69, 9.17) is 9.47 Å². The Bertz CT molecular complexity index is 571. The van der Waals surface area contributed by atoms with Gasteiger partial charge in [-0.25, -0.2) is 0 Å². The molecule has 0 heterocycles. The van der Waals surface area contributed by atoms with Crippen molar-refractivity contribution in [2.24, 2.45) is 0 Å². The Morgan fingerprint density at radius 2 is 1.60 bits per heavy atom. The van der Waals surface area contributed by atoms with Gasteiger partial charge >= 0.3 is 0 Å². The van der Waals surface area contributed by atoms with E-state index >= 15 is 0 Å². The lowest BCUT2D eigenvalue weighted by Crippen LogP contribution is -2.05. The molecule has 20 heavy (non-hydrogen) atoms. The molecule has 3 heteroatoms. The van der Waals surface area contributed by atoms with Crippen molar-refractivity contribution in [1.29, 1.82) is 0 Å². The van der Waals surface area contributed by atoms with Crippen LogP contribution in [0, 0.1) is 6.92 Å². The first-order chi connectivity index (χ1) is 9.67. The van der Waals surface area contributed by atoms with E-state index in [9.17, 15) is 0 Å². The molecule has 1 N–H and O–H groups in total. The second-order valence-electron chi connectivity index (χ2n) is 4.78. The maximum atomic E-state index is 5.33. The molecule has 0 saturated carbocycles. The second kappa shape index (κ2) is 6.44. The summed E-state index contributed by atoms with van der Waals surface area (Å²) in [6.07, 6.45) is 0. The molecule has 2 rings (SSSR count). The fourth-order valence-corrected chi connectivity index (χ4v) is 2.33. The van der Waals surface area contributed by atoms with Crippen LogP contribution in [0.2, 0.25) is 0 Å². The van der Waals surface area contributed by atoms with Crippen molar-refractivity contribution < 1.29 is 9.47 Å². The lowest BCUT2D eigenvalue weighted by atomic mass is 9.98. The molecule has 0 amide bonds. The molecule has 2 aromatic carbocycles. The van der Waals surface area contributed by atoms with Crippen molar-refractivity contribution in [1.82, 2.24) is 5.32 Å². The van der Waals surface area contributed by atoms with Crippen LogP contribution in [0.25, 0.3) is 11.1 Å². The smallest absolute Gasteiger partial charge is 0.123 e. The molecule has 0 spiro atoms. The molecule has 0 radical (unpaired) electrons. The Hall–Kier alpha value is -2.00. The molecule has 3 nitrogen and oxygen atoms in total. The molecule has 106 valence electrons. The summed E-state index contributed by atoms with van der Waals surface area (Å²) in [7, 11) is 5.29. The zero-order chi connectivity index (χ0) is 14.5. The van der Waals surface area contributed by atoms with Crippen LogP contribution in [0.3, 0.4) is 0 Å². The number of benzene rings is 2. The average molecular weight is 271 g/mol. The zero-order valence-corrected chi connectivity index (χ0v) is 12.5. The summed E-state index contributed by atoms with van der Waals surface area (Å²) in [5, 5.41) is 3.17. The van der Waals surface area contributed by atoms with Crippen LogP contribution in [0.4, 0.5) is 0 Å². The molecule has 0 unspecified atom stereocenters. The van der Waals surface area contributed by atoms with Gasteiger partial charge in [-0.15, -0.1) is 0 Å². The number of ether oxygens (including phenoxy) is 2. The standard InChI is InChI=1S/C17H21NO2/c1-12-7-13(11-18-2)5-6-17(12)14-8-15(19-3)10-16(9-14)20-4/h5-10,18H,11H2,1-4H3. The van der Waals surface area contributed by atoms with Crippen LogP contribution >= 0.6 is 0 Å². The monoisotopic (exact) mass is 271 g/mol. The van der Waals surface area contributed by atoms with E-state index in [1.807, 2.05) is 25.2 Å².